The van der Waals surface area contributed by atoms with Gasteiger partial charge in [0.05, 0.1) is 17.6 Å². The lowest BCUT2D eigenvalue weighted by Gasteiger charge is -2.40. The Morgan fingerprint density at radius 1 is 0.848 bits per heavy atom. The van der Waals surface area contributed by atoms with Crippen LogP contribution in [0.25, 0.3) is 28.0 Å². The second-order valence-corrected chi connectivity index (χ2v) is 13.9. The molecule has 46 heavy (non-hydrogen) atoms. The number of piperidine rings is 1. The highest BCUT2D eigenvalue weighted by Crippen LogP contribution is 2.52. The van der Waals surface area contributed by atoms with Crippen LogP contribution in [0.5, 0.6) is 0 Å². The summed E-state index contributed by atoms with van der Waals surface area (Å²) in [6, 6.07) is 14.1. The molecule has 3 fully saturated rings. The molecule has 10 nitrogen and oxygen atoms in total. The van der Waals surface area contributed by atoms with Gasteiger partial charge in [0.2, 0.25) is 11.8 Å². The van der Waals surface area contributed by atoms with Crippen LogP contribution in [0.15, 0.2) is 54.9 Å². The molecule has 3 atom stereocenters. The van der Waals surface area contributed by atoms with E-state index in [0.29, 0.717) is 11.5 Å². The molecule has 5 heterocycles. The summed E-state index contributed by atoms with van der Waals surface area (Å²) >= 11 is 0. The van der Waals surface area contributed by atoms with E-state index in [0.717, 1.165) is 72.2 Å². The normalized spacial score (nSPS) is 21.0. The predicted molar refractivity (Wildman–Crippen MR) is 174 cm³/mol. The summed E-state index contributed by atoms with van der Waals surface area (Å²) < 4.78 is 7.47. The van der Waals surface area contributed by atoms with Crippen LogP contribution < -0.4 is 4.90 Å². The number of amides is 3. The number of hydrogen-bond acceptors (Lipinski definition) is 7. The maximum absolute atomic E-state index is 13.2. The van der Waals surface area contributed by atoms with Crippen molar-refractivity contribution in [3.05, 3.63) is 66.1 Å². The fourth-order valence-corrected chi connectivity index (χ4v) is 7.37. The SMILES string of the molecule is CC(=O)N(C(C)=O)c1c(C2CC2)c(C2C[C@H]3CC[C@@H](C2)N3C(=O)OC(C)(C)C)nc2c(-c3ccc(-c4ccccc4)nc3)cnn12. The minimum absolute atomic E-state index is 0.0444. The van der Waals surface area contributed by atoms with Crippen LogP contribution in [0.4, 0.5) is 10.6 Å². The highest BCUT2D eigenvalue weighted by atomic mass is 16.6. The third-order valence-electron chi connectivity index (χ3n) is 9.38. The van der Waals surface area contributed by atoms with Gasteiger partial charge in [-0.3, -0.25) is 14.6 Å². The molecule has 0 N–H and O–H groups in total. The van der Waals surface area contributed by atoms with Crippen molar-refractivity contribution in [1.29, 1.82) is 0 Å². The van der Waals surface area contributed by atoms with Crippen LogP contribution in [-0.4, -0.2) is 60.1 Å². The molecular weight excluding hydrogens is 580 g/mol. The van der Waals surface area contributed by atoms with Crippen LogP contribution in [0.1, 0.15) is 96.2 Å². The first kappa shape index (κ1) is 30.1. The van der Waals surface area contributed by atoms with Gasteiger partial charge in [0, 0.05) is 60.3 Å². The average molecular weight is 621 g/mol. The molecular formula is C36H40N6O4. The number of pyridine rings is 1. The second kappa shape index (κ2) is 11.3. The maximum Gasteiger partial charge on any atom is 0.410 e. The number of carbonyl (C=O) groups is 3. The minimum atomic E-state index is -0.566. The van der Waals surface area contributed by atoms with Crippen molar-refractivity contribution in [2.45, 2.75) is 103 Å². The highest BCUT2D eigenvalue weighted by molar-refractivity contribution is 6.13. The van der Waals surface area contributed by atoms with E-state index in [1.54, 1.807) is 10.7 Å². The number of rotatable bonds is 5. The van der Waals surface area contributed by atoms with Crippen molar-refractivity contribution < 1.29 is 19.1 Å². The zero-order chi connectivity index (χ0) is 32.3. The Bertz CT molecular complexity index is 1800. The number of ether oxygens (including phenoxy) is 1. The number of imide groups is 1. The molecule has 7 rings (SSSR count). The largest absolute Gasteiger partial charge is 0.444 e. The number of nitrogens with zero attached hydrogens (tertiary/aromatic N) is 6. The number of carbonyl (C=O) groups excluding carboxylic acids is 3. The molecule has 2 bridgehead atoms. The lowest BCUT2D eigenvalue weighted by atomic mass is 9.85. The lowest BCUT2D eigenvalue weighted by Crippen LogP contribution is -2.48. The molecule has 1 unspecified atom stereocenters. The van der Waals surface area contributed by atoms with Gasteiger partial charge in [0.25, 0.3) is 0 Å². The van der Waals surface area contributed by atoms with Crippen molar-refractivity contribution in [2.75, 3.05) is 4.90 Å². The molecule has 4 aromatic rings. The van der Waals surface area contributed by atoms with Gasteiger partial charge in [-0.1, -0.05) is 36.4 Å². The number of aromatic nitrogens is 4. The topological polar surface area (TPSA) is 110 Å². The average Bonchev–Trinajstić information content (AvgIpc) is 3.70. The monoisotopic (exact) mass is 620 g/mol. The zero-order valence-electron chi connectivity index (χ0n) is 27.1. The summed E-state index contributed by atoms with van der Waals surface area (Å²) in [5.74, 6) is 0.00321. The van der Waals surface area contributed by atoms with Gasteiger partial charge in [-0.2, -0.15) is 9.61 Å². The highest BCUT2D eigenvalue weighted by Gasteiger charge is 2.47. The molecule has 2 aliphatic heterocycles. The van der Waals surface area contributed by atoms with Crippen molar-refractivity contribution in [3.63, 3.8) is 0 Å². The van der Waals surface area contributed by atoms with Crippen molar-refractivity contribution >= 4 is 29.4 Å². The van der Waals surface area contributed by atoms with Gasteiger partial charge in [0.15, 0.2) is 11.5 Å². The summed E-state index contributed by atoms with van der Waals surface area (Å²) in [5.41, 5.74) is 5.36. The summed E-state index contributed by atoms with van der Waals surface area (Å²) in [7, 11) is 0. The molecule has 0 radical (unpaired) electrons. The molecule has 2 saturated heterocycles. The van der Waals surface area contributed by atoms with Crippen LogP contribution in [0, 0.1) is 0 Å². The van der Waals surface area contributed by atoms with E-state index in [9.17, 15) is 14.4 Å². The standard InChI is InChI=1S/C36H40N6O4/c1-21(43)40(22(2)44)34-31(24-11-12-24)32(26-17-27-14-15-28(18-26)41(27)35(45)46-36(3,4)5)39-33-29(20-38-42(33)34)25-13-16-30(37-19-25)23-9-7-6-8-10-23/h6-10,13,16,19-20,24,26-28H,11-12,14-15,17-18H2,1-5H3/t26?,27-,28+. The van der Waals surface area contributed by atoms with Gasteiger partial charge < -0.3 is 9.64 Å². The molecule has 1 saturated carbocycles. The van der Waals surface area contributed by atoms with Crippen molar-refractivity contribution in [3.8, 4) is 22.4 Å². The van der Waals surface area contributed by atoms with E-state index in [2.05, 4.69) is 0 Å². The molecule has 238 valence electrons. The summed E-state index contributed by atoms with van der Waals surface area (Å²) in [4.78, 5) is 52.7. The van der Waals surface area contributed by atoms with E-state index in [1.807, 2.05) is 74.3 Å². The maximum atomic E-state index is 13.2. The van der Waals surface area contributed by atoms with Crippen LogP contribution in [0.3, 0.4) is 0 Å². The fourth-order valence-electron chi connectivity index (χ4n) is 7.37. The van der Waals surface area contributed by atoms with Gasteiger partial charge in [0.1, 0.15) is 5.60 Å². The molecule has 1 aliphatic carbocycles. The van der Waals surface area contributed by atoms with E-state index in [-0.39, 0.29) is 41.8 Å². The fraction of sp³-hybridized carbons (Fsp3) is 0.444. The Morgan fingerprint density at radius 2 is 1.52 bits per heavy atom. The van der Waals surface area contributed by atoms with E-state index < -0.39 is 5.60 Å². The lowest BCUT2D eigenvalue weighted by molar-refractivity contribution is -0.124. The van der Waals surface area contributed by atoms with E-state index in [1.165, 1.54) is 18.7 Å². The number of hydrogen-bond donors (Lipinski definition) is 0. The minimum Gasteiger partial charge on any atom is -0.444 e. The number of fused-ring (bicyclic) bond motifs is 3. The molecule has 0 spiro atoms. The van der Waals surface area contributed by atoms with E-state index >= 15 is 0 Å². The Labute approximate surface area is 268 Å². The summed E-state index contributed by atoms with van der Waals surface area (Å²) in [6.07, 6.45) is 8.55. The summed E-state index contributed by atoms with van der Waals surface area (Å²) in [6.45, 7) is 8.52. The molecule has 3 aromatic heterocycles. The van der Waals surface area contributed by atoms with Gasteiger partial charge in [-0.05, 0) is 71.3 Å². The van der Waals surface area contributed by atoms with Crippen LogP contribution >= 0.6 is 0 Å². The van der Waals surface area contributed by atoms with Gasteiger partial charge >= 0.3 is 6.09 Å². The first-order valence-corrected chi connectivity index (χ1v) is 16.3. The smallest absolute Gasteiger partial charge is 0.410 e. The second-order valence-electron chi connectivity index (χ2n) is 13.9. The molecule has 3 amide bonds. The third kappa shape index (κ3) is 5.43. The quantitative estimate of drug-likeness (QED) is 0.239. The van der Waals surface area contributed by atoms with Gasteiger partial charge in [-0.25, -0.2) is 14.7 Å². The Hall–Kier alpha value is -4.60. The number of benzene rings is 1. The molecule has 1 aromatic carbocycles. The first-order chi connectivity index (χ1) is 22.0. The van der Waals surface area contributed by atoms with Crippen molar-refractivity contribution in [2.24, 2.45) is 0 Å². The first-order valence-electron chi connectivity index (χ1n) is 16.3. The van der Waals surface area contributed by atoms with Crippen LogP contribution in [0.2, 0.25) is 0 Å². The number of anilines is 1. The Morgan fingerprint density at radius 3 is 2.09 bits per heavy atom. The molecule has 10 heteroatoms. The van der Waals surface area contributed by atoms with Gasteiger partial charge in [-0.15, -0.1) is 0 Å². The predicted octanol–water partition coefficient (Wildman–Crippen LogP) is 6.88. The van der Waals surface area contributed by atoms with Crippen LogP contribution in [-0.2, 0) is 14.3 Å². The zero-order valence-corrected chi connectivity index (χ0v) is 27.1. The molecule has 3 aliphatic rings. The van der Waals surface area contributed by atoms with Crippen molar-refractivity contribution in [1.82, 2.24) is 24.5 Å². The van der Waals surface area contributed by atoms with E-state index in [4.69, 9.17) is 19.8 Å². The Balaban J connectivity index is 1.35. The third-order valence-corrected chi connectivity index (χ3v) is 9.38. The Kier molecular flexibility index (Phi) is 7.41. The summed E-state index contributed by atoms with van der Waals surface area (Å²) in [5, 5.41) is 4.74.